The zero-order valence-corrected chi connectivity index (χ0v) is 15.9. The molecule has 0 fully saturated rings. The number of nitrogens with one attached hydrogen (secondary N) is 1. The molecule has 0 aliphatic heterocycles. The van der Waals surface area contributed by atoms with E-state index in [9.17, 15) is 19.7 Å². The molecule has 0 aliphatic carbocycles. The molecule has 0 radical (unpaired) electrons. The molecule has 0 unspecified atom stereocenters. The minimum absolute atomic E-state index is 0.0868. The van der Waals surface area contributed by atoms with Gasteiger partial charge in [0.1, 0.15) is 17.0 Å². The largest absolute Gasteiger partial charge is 0.481 e. The summed E-state index contributed by atoms with van der Waals surface area (Å²) in [6, 6.07) is 2.58. The molecule has 1 rings (SSSR count). The summed E-state index contributed by atoms with van der Waals surface area (Å²) in [5, 5.41) is 14.2. The topological polar surface area (TPSA) is 108 Å². The standard InChI is InChI=1S/C18H26N2O6/c1-6-8-15(21)12-9-14(20(23)24)13(19-7-2)10-16(12)25-11-17(22)26-18(3,4)5/h9-10,19H,6-8,11H2,1-5H3. The first-order valence-electron chi connectivity index (χ1n) is 8.53. The van der Waals surface area contributed by atoms with Gasteiger partial charge in [-0.25, -0.2) is 4.79 Å². The van der Waals surface area contributed by atoms with Gasteiger partial charge in [0.2, 0.25) is 0 Å². The number of anilines is 1. The summed E-state index contributed by atoms with van der Waals surface area (Å²) in [6.07, 6.45) is 0.813. The van der Waals surface area contributed by atoms with E-state index in [1.165, 1.54) is 12.1 Å². The fraction of sp³-hybridized carbons (Fsp3) is 0.556. The highest BCUT2D eigenvalue weighted by atomic mass is 16.6. The van der Waals surface area contributed by atoms with Crippen molar-refractivity contribution in [1.29, 1.82) is 0 Å². The quantitative estimate of drug-likeness (QED) is 0.307. The van der Waals surface area contributed by atoms with Crippen molar-refractivity contribution in [2.45, 2.75) is 53.1 Å². The van der Waals surface area contributed by atoms with E-state index >= 15 is 0 Å². The van der Waals surface area contributed by atoms with E-state index in [-0.39, 0.29) is 34.9 Å². The number of nitrogens with zero attached hydrogens (tertiary/aromatic N) is 1. The highest BCUT2D eigenvalue weighted by molar-refractivity contribution is 6.00. The number of rotatable bonds is 9. The lowest BCUT2D eigenvalue weighted by molar-refractivity contribution is -0.384. The lowest BCUT2D eigenvalue weighted by atomic mass is 10.0. The molecule has 0 atom stereocenters. The maximum Gasteiger partial charge on any atom is 0.344 e. The zero-order valence-electron chi connectivity index (χ0n) is 15.9. The average molecular weight is 366 g/mol. The molecule has 1 aromatic carbocycles. The maximum absolute atomic E-state index is 12.3. The number of hydrogen-bond acceptors (Lipinski definition) is 7. The van der Waals surface area contributed by atoms with E-state index in [1.807, 2.05) is 6.92 Å². The Bertz CT molecular complexity index is 679. The fourth-order valence-electron chi connectivity index (χ4n) is 2.26. The number of carbonyl (C=O) groups is 2. The van der Waals surface area contributed by atoms with E-state index in [0.717, 1.165) is 0 Å². The first-order chi connectivity index (χ1) is 12.1. The first-order valence-corrected chi connectivity index (χ1v) is 8.53. The van der Waals surface area contributed by atoms with Crippen molar-refractivity contribution in [2.24, 2.45) is 0 Å². The minimum Gasteiger partial charge on any atom is -0.481 e. The predicted octanol–water partition coefficient (Wildman–Crippen LogP) is 3.73. The Kier molecular flexibility index (Phi) is 7.55. The Morgan fingerprint density at radius 1 is 1.23 bits per heavy atom. The highest BCUT2D eigenvalue weighted by Gasteiger charge is 2.23. The van der Waals surface area contributed by atoms with E-state index in [0.29, 0.717) is 13.0 Å². The third-order valence-electron chi connectivity index (χ3n) is 3.20. The van der Waals surface area contributed by atoms with Crippen LogP contribution in [0.5, 0.6) is 5.75 Å². The summed E-state index contributed by atoms with van der Waals surface area (Å²) < 4.78 is 10.7. The lowest BCUT2D eigenvalue weighted by Gasteiger charge is -2.20. The van der Waals surface area contributed by atoms with Crippen LogP contribution in [0.1, 0.15) is 57.8 Å². The molecule has 1 N–H and O–H groups in total. The van der Waals surface area contributed by atoms with Crippen molar-refractivity contribution in [3.8, 4) is 5.75 Å². The Morgan fingerprint density at radius 2 is 1.88 bits per heavy atom. The van der Waals surface area contributed by atoms with Gasteiger partial charge in [0.15, 0.2) is 12.4 Å². The molecule has 0 saturated heterocycles. The van der Waals surface area contributed by atoms with Gasteiger partial charge in [-0.15, -0.1) is 0 Å². The third-order valence-corrected chi connectivity index (χ3v) is 3.20. The van der Waals surface area contributed by atoms with Crippen molar-refractivity contribution < 1.29 is 24.0 Å². The Hall–Kier alpha value is -2.64. The Balaban J connectivity index is 3.20. The summed E-state index contributed by atoms with van der Waals surface area (Å²) in [5.41, 5.74) is -0.560. The average Bonchev–Trinajstić information content (AvgIpc) is 2.51. The normalized spacial score (nSPS) is 11.0. The monoisotopic (exact) mass is 366 g/mol. The molecule has 0 aromatic heterocycles. The van der Waals surface area contributed by atoms with Crippen molar-refractivity contribution in [2.75, 3.05) is 18.5 Å². The summed E-state index contributed by atoms with van der Waals surface area (Å²) in [4.78, 5) is 35.0. The van der Waals surface area contributed by atoms with Crippen LogP contribution in [-0.4, -0.2) is 35.4 Å². The predicted molar refractivity (Wildman–Crippen MR) is 97.8 cm³/mol. The van der Waals surface area contributed by atoms with Crippen LogP contribution in [0.3, 0.4) is 0 Å². The fourth-order valence-corrected chi connectivity index (χ4v) is 2.26. The molecule has 1 aromatic rings. The minimum atomic E-state index is -0.661. The van der Waals surface area contributed by atoms with Crippen LogP contribution >= 0.6 is 0 Å². The van der Waals surface area contributed by atoms with E-state index in [2.05, 4.69) is 5.32 Å². The smallest absolute Gasteiger partial charge is 0.344 e. The van der Waals surface area contributed by atoms with Crippen LogP contribution < -0.4 is 10.1 Å². The van der Waals surface area contributed by atoms with Crippen LogP contribution in [0.15, 0.2) is 12.1 Å². The number of benzene rings is 1. The third kappa shape index (κ3) is 6.34. The van der Waals surface area contributed by atoms with Gasteiger partial charge in [-0.05, 0) is 34.1 Å². The number of hydrogen-bond donors (Lipinski definition) is 1. The van der Waals surface area contributed by atoms with Crippen molar-refractivity contribution in [3.63, 3.8) is 0 Å². The SMILES string of the molecule is CCCC(=O)c1cc([N+](=O)[O-])c(NCC)cc1OCC(=O)OC(C)(C)C. The molecule has 0 heterocycles. The van der Waals surface area contributed by atoms with Crippen molar-refractivity contribution in [3.05, 3.63) is 27.8 Å². The van der Waals surface area contributed by atoms with Gasteiger partial charge >= 0.3 is 5.97 Å². The first kappa shape index (κ1) is 21.4. The Morgan fingerprint density at radius 3 is 2.38 bits per heavy atom. The second kappa shape index (κ2) is 9.17. The van der Waals surface area contributed by atoms with Crippen molar-refractivity contribution >= 4 is 23.1 Å². The molecule has 0 aliphatic rings. The van der Waals surface area contributed by atoms with Gasteiger partial charge in [0, 0.05) is 25.1 Å². The zero-order chi connectivity index (χ0) is 19.9. The van der Waals surface area contributed by atoms with E-state index in [4.69, 9.17) is 9.47 Å². The van der Waals surface area contributed by atoms with Gasteiger partial charge in [-0.3, -0.25) is 14.9 Å². The number of carbonyl (C=O) groups excluding carboxylic acids is 2. The number of nitro groups is 1. The number of Topliss-reactive ketones (excluding diaryl/α,β-unsaturated/α-hetero) is 1. The van der Waals surface area contributed by atoms with Gasteiger partial charge in [0.25, 0.3) is 5.69 Å². The van der Waals surface area contributed by atoms with Gasteiger partial charge in [-0.1, -0.05) is 6.92 Å². The number of ketones is 1. The van der Waals surface area contributed by atoms with Gasteiger partial charge in [0.05, 0.1) is 10.5 Å². The maximum atomic E-state index is 12.3. The highest BCUT2D eigenvalue weighted by Crippen LogP contribution is 2.34. The summed E-state index contributed by atoms with van der Waals surface area (Å²) >= 11 is 0. The molecule has 8 heteroatoms. The Labute approximate surface area is 153 Å². The summed E-state index contributed by atoms with van der Waals surface area (Å²) in [7, 11) is 0. The molecular weight excluding hydrogens is 340 g/mol. The van der Waals surface area contributed by atoms with Gasteiger partial charge < -0.3 is 14.8 Å². The van der Waals surface area contributed by atoms with E-state index in [1.54, 1.807) is 27.7 Å². The molecule has 8 nitrogen and oxygen atoms in total. The second-order valence-electron chi connectivity index (χ2n) is 6.70. The molecule has 144 valence electrons. The lowest BCUT2D eigenvalue weighted by Crippen LogP contribution is -2.27. The number of nitro benzene ring substituents is 1. The molecule has 0 bridgehead atoms. The number of ether oxygens (including phenoxy) is 2. The second-order valence-corrected chi connectivity index (χ2v) is 6.70. The van der Waals surface area contributed by atoms with Crippen LogP contribution in [0.25, 0.3) is 0 Å². The van der Waals surface area contributed by atoms with Crippen molar-refractivity contribution in [1.82, 2.24) is 0 Å². The molecule has 26 heavy (non-hydrogen) atoms. The van der Waals surface area contributed by atoms with Crippen LogP contribution in [-0.2, 0) is 9.53 Å². The molecule has 0 amide bonds. The molecule has 0 saturated carbocycles. The molecular formula is C18H26N2O6. The van der Waals surface area contributed by atoms with Crippen LogP contribution in [0, 0.1) is 10.1 Å². The summed E-state index contributed by atoms with van der Waals surface area (Å²) in [5.74, 6) is -0.747. The molecule has 0 spiro atoms. The van der Waals surface area contributed by atoms with Crippen LogP contribution in [0.4, 0.5) is 11.4 Å². The number of esters is 1. The summed E-state index contributed by atoms with van der Waals surface area (Å²) in [6.45, 7) is 8.88. The van der Waals surface area contributed by atoms with Crippen LogP contribution in [0.2, 0.25) is 0 Å². The van der Waals surface area contributed by atoms with Gasteiger partial charge in [-0.2, -0.15) is 0 Å². The van der Waals surface area contributed by atoms with E-state index < -0.39 is 23.1 Å².